The second-order valence-corrected chi connectivity index (χ2v) is 13.4. The number of carbonyl (C=O) groups is 4. The molecule has 0 aliphatic rings. The minimum atomic E-state index is -1.07. The van der Waals surface area contributed by atoms with E-state index >= 15 is 0 Å². The first-order valence-corrected chi connectivity index (χ1v) is 13.4. The van der Waals surface area contributed by atoms with Crippen molar-refractivity contribution < 1.29 is 42.9 Å². The van der Waals surface area contributed by atoms with Gasteiger partial charge in [-0.25, -0.2) is 4.79 Å². The molecule has 0 aromatic heterocycles. The first-order chi connectivity index (χ1) is 18.0. The van der Waals surface area contributed by atoms with E-state index < -0.39 is 47.9 Å². The molecule has 0 heterocycles. The maximum absolute atomic E-state index is 12.7. The average Bonchev–Trinajstić information content (AvgIpc) is 2.71. The third-order valence-electron chi connectivity index (χ3n) is 5.20. The first kappa shape index (κ1) is 34.9. The van der Waals surface area contributed by atoms with Crippen LogP contribution in [0.5, 0.6) is 11.5 Å². The van der Waals surface area contributed by atoms with E-state index in [0.717, 1.165) is 0 Å². The molecule has 0 radical (unpaired) electrons. The van der Waals surface area contributed by atoms with Crippen LogP contribution in [0.15, 0.2) is 18.2 Å². The van der Waals surface area contributed by atoms with Crippen molar-refractivity contribution in [2.75, 3.05) is 0 Å². The molecule has 1 aromatic rings. The number of hydrogen-bond donors (Lipinski definition) is 1. The van der Waals surface area contributed by atoms with Gasteiger partial charge in [0, 0.05) is 0 Å². The van der Waals surface area contributed by atoms with Crippen molar-refractivity contribution in [2.45, 2.75) is 119 Å². The lowest BCUT2D eigenvalue weighted by atomic mass is 9.92. The van der Waals surface area contributed by atoms with E-state index in [4.69, 9.17) is 29.4 Å². The molecule has 0 amide bonds. The second-order valence-electron chi connectivity index (χ2n) is 13.4. The highest BCUT2D eigenvalue weighted by atomic mass is 16.7. The summed E-state index contributed by atoms with van der Waals surface area (Å²) in [6, 6.07) is 3.59. The van der Waals surface area contributed by atoms with Crippen LogP contribution in [0.3, 0.4) is 0 Å². The Balaban J connectivity index is 2.98. The lowest BCUT2D eigenvalue weighted by molar-refractivity contribution is -0.156. The van der Waals surface area contributed by atoms with Gasteiger partial charge in [-0.15, -0.1) is 0 Å². The topological polar surface area (TPSA) is 140 Å². The molecular weight excluding hydrogens is 518 g/mol. The molecule has 0 aliphatic carbocycles. The summed E-state index contributed by atoms with van der Waals surface area (Å²) in [6.45, 7) is 19.7. The van der Waals surface area contributed by atoms with Crippen molar-refractivity contribution in [3.05, 3.63) is 23.8 Å². The molecule has 0 spiro atoms. The number of esters is 3. The maximum atomic E-state index is 12.7. The van der Waals surface area contributed by atoms with Crippen molar-refractivity contribution in [3.63, 3.8) is 0 Å². The van der Waals surface area contributed by atoms with Crippen LogP contribution in [0.4, 0.5) is 4.79 Å². The first-order valence-electron chi connectivity index (χ1n) is 13.4. The number of benzene rings is 1. The molecule has 10 heteroatoms. The molecule has 10 nitrogen and oxygen atoms in total. The highest BCUT2D eigenvalue weighted by molar-refractivity contribution is 5.78. The summed E-state index contributed by atoms with van der Waals surface area (Å²) in [7, 11) is 0. The predicted octanol–water partition coefficient (Wildman–Crippen LogP) is 5.51. The Morgan fingerprint density at radius 1 is 0.750 bits per heavy atom. The smallest absolute Gasteiger partial charge is 0.458 e. The van der Waals surface area contributed by atoms with Crippen molar-refractivity contribution in [3.8, 4) is 11.5 Å². The number of rotatable bonds is 10. The highest BCUT2D eigenvalue weighted by Gasteiger charge is 2.27. The summed E-state index contributed by atoms with van der Waals surface area (Å²) in [5, 5.41) is 0. The molecule has 0 saturated carbocycles. The summed E-state index contributed by atoms with van der Waals surface area (Å²) >= 11 is 0. The molecule has 2 N–H and O–H groups in total. The predicted molar refractivity (Wildman–Crippen MR) is 150 cm³/mol. The Kier molecular flexibility index (Phi) is 12.2. The summed E-state index contributed by atoms with van der Waals surface area (Å²) in [5.41, 5.74) is 5.34. The zero-order valence-electron chi connectivity index (χ0n) is 25.8. The Morgan fingerprint density at radius 2 is 1.23 bits per heavy atom. The van der Waals surface area contributed by atoms with Crippen molar-refractivity contribution in [1.29, 1.82) is 0 Å². The third-order valence-corrected chi connectivity index (χ3v) is 5.20. The van der Waals surface area contributed by atoms with E-state index in [2.05, 4.69) is 0 Å². The van der Waals surface area contributed by atoms with Crippen molar-refractivity contribution in [2.24, 2.45) is 16.6 Å². The molecule has 0 saturated heterocycles. The fourth-order valence-corrected chi connectivity index (χ4v) is 3.25. The number of ether oxygens (including phenoxy) is 5. The van der Waals surface area contributed by atoms with Gasteiger partial charge < -0.3 is 29.4 Å². The monoisotopic (exact) mass is 565 g/mol. The lowest BCUT2D eigenvalue weighted by Gasteiger charge is -2.24. The molecule has 226 valence electrons. The number of hydrogen-bond acceptors (Lipinski definition) is 10. The summed E-state index contributed by atoms with van der Waals surface area (Å²) < 4.78 is 26.8. The number of carbonyl (C=O) groups excluding carboxylic acids is 4. The van der Waals surface area contributed by atoms with Crippen LogP contribution >= 0.6 is 0 Å². The van der Waals surface area contributed by atoms with Crippen molar-refractivity contribution >= 4 is 24.1 Å². The van der Waals surface area contributed by atoms with Crippen LogP contribution in [0, 0.1) is 10.8 Å². The van der Waals surface area contributed by atoms with Gasteiger partial charge in [0.2, 0.25) is 0 Å². The van der Waals surface area contributed by atoms with Gasteiger partial charge in [-0.1, -0.05) is 47.6 Å². The molecule has 1 unspecified atom stereocenters. The molecule has 0 bridgehead atoms. The molecular formula is C30H47NO9. The van der Waals surface area contributed by atoms with Gasteiger partial charge in [0.15, 0.2) is 11.5 Å². The van der Waals surface area contributed by atoms with Crippen molar-refractivity contribution in [1.82, 2.24) is 0 Å². The van der Waals surface area contributed by atoms with Gasteiger partial charge in [0.25, 0.3) is 0 Å². The summed E-state index contributed by atoms with van der Waals surface area (Å²) in [6.07, 6.45) is -2.09. The van der Waals surface area contributed by atoms with Crippen LogP contribution in [-0.4, -0.2) is 47.9 Å². The molecule has 0 fully saturated rings. The van der Waals surface area contributed by atoms with Gasteiger partial charge in [-0.2, -0.15) is 0 Å². The third kappa shape index (κ3) is 14.3. The van der Waals surface area contributed by atoms with E-state index in [9.17, 15) is 19.2 Å². The van der Waals surface area contributed by atoms with Gasteiger partial charge in [-0.3, -0.25) is 14.4 Å². The van der Waals surface area contributed by atoms with Crippen LogP contribution in [0.2, 0.25) is 0 Å². The molecule has 0 aliphatic heterocycles. The minimum Gasteiger partial charge on any atom is -0.458 e. The average molecular weight is 566 g/mol. The standard InChI is InChI=1S/C30H47NO9/c1-18(19(2)37-27(35)40-30(9,10)11)36-26(34)21(31)14-20-12-13-22(38-24(32)16-28(3,4)5)23(15-20)39-25(33)17-29(6,7)8/h12-13,15,18-19,21H,14,16-17,31H2,1-11H3/t18-,19?,21-/m0/s1. The SMILES string of the molecule is CC(OC(=O)OC(C)(C)C)[C@H](C)OC(=O)[C@@H](N)Cc1ccc(OC(=O)CC(C)(C)C)c(OC(=O)CC(C)(C)C)c1. The van der Waals surface area contributed by atoms with Crippen LogP contribution in [-0.2, 0) is 35.0 Å². The summed E-state index contributed by atoms with van der Waals surface area (Å²) in [5.74, 6) is -1.51. The quantitative estimate of drug-likeness (QED) is 0.285. The van der Waals surface area contributed by atoms with Gasteiger partial charge in [0.1, 0.15) is 23.9 Å². The van der Waals surface area contributed by atoms with Gasteiger partial charge in [0.05, 0.1) is 12.8 Å². The van der Waals surface area contributed by atoms with E-state index in [1.165, 1.54) is 12.1 Å². The molecule has 40 heavy (non-hydrogen) atoms. The van der Waals surface area contributed by atoms with E-state index in [1.54, 1.807) is 40.7 Å². The Morgan fingerprint density at radius 3 is 1.70 bits per heavy atom. The Labute approximate surface area is 238 Å². The molecule has 1 rings (SSSR count). The Bertz CT molecular complexity index is 1040. The zero-order chi connectivity index (χ0) is 31.1. The summed E-state index contributed by atoms with van der Waals surface area (Å²) in [4.78, 5) is 49.6. The minimum absolute atomic E-state index is 0.0485. The molecule has 1 aromatic carbocycles. The van der Waals surface area contributed by atoms with Crippen LogP contribution in [0.25, 0.3) is 0 Å². The number of nitrogens with two attached hydrogens (primary N) is 1. The van der Waals surface area contributed by atoms with Gasteiger partial charge >= 0.3 is 24.1 Å². The zero-order valence-corrected chi connectivity index (χ0v) is 25.8. The lowest BCUT2D eigenvalue weighted by Crippen LogP contribution is -2.40. The van der Waals surface area contributed by atoms with E-state index in [1.807, 2.05) is 41.5 Å². The largest absolute Gasteiger partial charge is 0.509 e. The van der Waals surface area contributed by atoms with Crippen LogP contribution in [0.1, 0.15) is 94.6 Å². The van der Waals surface area contributed by atoms with Gasteiger partial charge in [-0.05, 0) is 69.6 Å². The van der Waals surface area contributed by atoms with E-state index in [0.29, 0.717) is 5.56 Å². The highest BCUT2D eigenvalue weighted by Crippen LogP contribution is 2.32. The van der Waals surface area contributed by atoms with E-state index in [-0.39, 0.29) is 41.6 Å². The fraction of sp³-hybridized carbons (Fsp3) is 0.667. The fourth-order valence-electron chi connectivity index (χ4n) is 3.25. The maximum Gasteiger partial charge on any atom is 0.509 e. The normalized spacial score (nSPS) is 14.4. The van der Waals surface area contributed by atoms with Crippen LogP contribution < -0.4 is 15.2 Å². The Hall–Kier alpha value is -3.14. The molecule has 3 atom stereocenters. The second kappa shape index (κ2) is 14.0.